The summed E-state index contributed by atoms with van der Waals surface area (Å²) in [5.74, 6) is 0.0420. The zero-order chi connectivity index (χ0) is 13.0. The lowest BCUT2D eigenvalue weighted by Gasteiger charge is -2.21. The van der Waals surface area contributed by atoms with Crippen LogP contribution < -0.4 is 5.73 Å². The third kappa shape index (κ3) is 2.85. The largest absolute Gasteiger partial charge is 0.337 e. The molecule has 0 unspecified atom stereocenters. The maximum atomic E-state index is 12.4. The van der Waals surface area contributed by atoms with Gasteiger partial charge in [0.25, 0.3) is 5.91 Å². The van der Waals surface area contributed by atoms with E-state index in [-0.39, 0.29) is 5.91 Å². The fraction of sp³-hybridized carbons (Fsp3) is 0.667. The van der Waals surface area contributed by atoms with Crippen LogP contribution in [0.25, 0.3) is 0 Å². The van der Waals surface area contributed by atoms with E-state index in [9.17, 15) is 4.79 Å². The highest BCUT2D eigenvalue weighted by Gasteiger charge is 2.21. The van der Waals surface area contributed by atoms with Gasteiger partial charge >= 0.3 is 0 Å². The zero-order valence-electron chi connectivity index (χ0n) is 11.2. The molecule has 5 nitrogen and oxygen atoms in total. The van der Waals surface area contributed by atoms with Crippen molar-refractivity contribution in [2.45, 2.75) is 27.2 Å². The molecule has 5 heteroatoms. The first kappa shape index (κ1) is 13.7. The van der Waals surface area contributed by atoms with Crippen molar-refractivity contribution < 1.29 is 4.79 Å². The quantitative estimate of drug-likeness (QED) is 0.827. The minimum atomic E-state index is 0.0420. The number of hydrogen-bond acceptors (Lipinski definition) is 3. The van der Waals surface area contributed by atoms with E-state index >= 15 is 0 Å². The lowest BCUT2D eigenvalue weighted by atomic mass is 10.1. The smallest absolute Gasteiger partial charge is 0.257 e. The van der Waals surface area contributed by atoms with E-state index in [1.165, 1.54) is 0 Å². The van der Waals surface area contributed by atoms with Gasteiger partial charge in [-0.15, -0.1) is 0 Å². The van der Waals surface area contributed by atoms with Crippen LogP contribution in [0.4, 0.5) is 0 Å². The highest BCUT2D eigenvalue weighted by atomic mass is 16.2. The number of nitrogens with two attached hydrogens (primary N) is 1. The Kier molecular flexibility index (Phi) is 4.69. The van der Waals surface area contributed by atoms with Crippen LogP contribution >= 0.6 is 0 Å². The van der Waals surface area contributed by atoms with E-state index in [2.05, 4.69) is 12.0 Å². The summed E-state index contributed by atoms with van der Waals surface area (Å²) >= 11 is 0. The lowest BCUT2D eigenvalue weighted by molar-refractivity contribution is 0.0759. The van der Waals surface area contributed by atoms with Crippen LogP contribution in [0.3, 0.4) is 0 Å². The SMILES string of the molecule is CCCN(CCN)C(=O)c1c(C)nn(C)c1C. The van der Waals surface area contributed by atoms with Gasteiger partial charge in [-0.1, -0.05) is 6.92 Å². The van der Waals surface area contributed by atoms with Gasteiger partial charge in [-0.05, 0) is 20.3 Å². The van der Waals surface area contributed by atoms with Crippen LogP contribution in [0.5, 0.6) is 0 Å². The summed E-state index contributed by atoms with van der Waals surface area (Å²) in [5, 5.41) is 4.27. The molecule has 0 atom stereocenters. The van der Waals surface area contributed by atoms with Gasteiger partial charge < -0.3 is 10.6 Å². The van der Waals surface area contributed by atoms with E-state index in [4.69, 9.17) is 5.73 Å². The number of nitrogens with zero attached hydrogens (tertiary/aromatic N) is 3. The molecule has 0 saturated heterocycles. The summed E-state index contributed by atoms with van der Waals surface area (Å²) in [7, 11) is 1.85. The molecule has 0 spiro atoms. The second-order valence-corrected chi connectivity index (χ2v) is 4.25. The minimum Gasteiger partial charge on any atom is -0.337 e. The van der Waals surface area contributed by atoms with Crippen molar-refractivity contribution in [3.05, 3.63) is 17.0 Å². The molecule has 2 N–H and O–H groups in total. The van der Waals surface area contributed by atoms with E-state index in [0.29, 0.717) is 13.1 Å². The first-order valence-electron chi connectivity index (χ1n) is 6.02. The van der Waals surface area contributed by atoms with Crippen LogP contribution in [-0.2, 0) is 7.05 Å². The molecule has 0 aliphatic heterocycles. The molecule has 0 radical (unpaired) electrons. The summed E-state index contributed by atoms with van der Waals surface area (Å²) in [6.45, 7) is 7.67. The third-order valence-electron chi connectivity index (χ3n) is 2.90. The van der Waals surface area contributed by atoms with Crippen molar-refractivity contribution in [2.75, 3.05) is 19.6 Å². The van der Waals surface area contributed by atoms with Crippen molar-refractivity contribution in [2.24, 2.45) is 12.8 Å². The third-order valence-corrected chi connectivity index (χ3v) is 2.90. The average molecular weight is 238 g/mol. The number of carbonyl (C=O) groups is 1. The molecule has 17 heavy (non-hydrogen) atoms. The normalized spacial score (nSPS) is 10.6. The second-order valence-electron chi connectivity index (χ2n) is 4.25. The van der Waals surface area contributed by atoms with Crippen molar-refractivity contribution in [1.82, 2.24) is 14.7 Å². The molecule has 1 aromatic rings. The van der Waals surface area contributed by atoms with Gasteiger partial charge in [-0.2, -0.15) is 5.10 Å². The number of hydrogen-bond donors (Lipinski definition) is 1. The number of rotatable bonds is 5. The summed E-state index contributed by atoms with van der Waals surface area (Å²) in [6.07, 6.45) is 0.935. The van der Waals surface area contributed by atoms with Crippen LogP contribution in [0.15, 0.2) is 0 Å². The van der Waals surface area contributed by atoms with Crippen molar-refractivity contribution >= 4 is 5.91 Å². The molecular formula is C12H22N4O. The minimum absolute atomic E-state index is 0.0420. The Balaban J connectivity index is 3.00. The monoisotopic (exact) mass is 238 g/mol. The van der Waals surface area contributed by atoms with E-state index in [1.807, 2.05) is 20.9 Å². The Hall–Kier alpha value is -1.36. The molecule has 0 fully saturated rings. The Morgan fingerprint density at radius 2 is 2.06 bits per heavy atom. The van der Waals surface area contributed by atoms with E-state index in [0.717, 1.165) is 29.9 Å². The predicted molar refractivity (Wildman–Crippen MR) is 67.9 cm³/mol. The molecule has 0 saturated carbocycles. The number of carbonyl (C=O) groups excluding carboxylic acids is 1. The van der Waals surface area contributed by atoms with Crippen LogP contribution in [-0.4, -0.2) is 40.2 Å². The van der Waals surface area contributed by atoms with Crippen LogP contribution in [0, 0.1) is 13.8 Å². The fourth-order valence-corrected chi connectivity index (χ4v) is 1.98. The predicted octanol–water partition coefficient (Wildman–Crippen LogP) is 0.848. The maximum absolute atomic E-state index is 12.4. The molecule has 1 rings (SSSR count). The van der Waals surface area contributed by atoms with Crippen molar-refractivity contribution in [1.29, 1.82) is 0 Å². The molecule has 0 aromatic carbocycles. The Morgan fingerprint density at radius 1 is 1.41 bits per heavy atom. The van der Waals surface area contributed by atoms with Gasteiger partial charge in [0.2, 0.25) is 0 Å². The molecule has 0 aliphatic carbocycles. The van der Waals surface area contributed by atoms with Crippen molar-refractivity contribution in [3.63, 3.8) is 0 Å². The molecule has 1 heterocycles. The molecule has 0 bridgehead atoms. The highest BCUT2D eigenvalue weighted by Crippen LogP contribution is 2.14. The van der Waals surface area contributed by atoms with Gasteiger partial charge in [0, 0.05) is 32.4 Å². The van der Waals surface area contributed by atoms with Crippen LogP contribution in [0.2, 0.25) is 0 Å². The Labute approximate surface area is 103 Å². The first-order valence-corrected chi connectivity index (χ1v) is 6.02. The molecule has 96 valence electrons. The van der Waals surface area contributed by atoms with Gasteiger partial charge in [-0.25, -0.2) is 0 Å². The van der Waals surface area contributed by atoms with Crippen LogP contribution in [0.1, 0.15) is 35.1 Å². The zero-order valence-corrected chi connectivity index (χ0v) is 11.2. The summed E-state index contributed by atoms with van der Waals surface area (Å²) in [6, 6.07) is 0. The fourth-order valence-electron chi connectivity index (χ4n) is 1.98. The lowest BCUT2D eigenvalue weighted by Crippen LogP contribution is -2.36. The summed E-state index contributed by atoms with van der Waals surface area (Å²) < 4.78 is 1.75. The topological polar surface area (TPSA) is 64.2 Å². The molecule has 1 aromatic heterocycles. The maximum Gasteiger partial charge on any atom is 0.257 e. The molecular weight excluding hydrogens is 216 g/mol. The molecule has 0 aliphatic rings. The molecule has 1 amide bonds. The summed E-state index contributed by atoms with van der Waals surface area (Å²) in [4.78, 5) is 14.2. The van der Waals surface area contributed by atoms with Gasteiger partial charge in [0.05, 0.1) is 11.3 Å². The standard InChI is InChI=1S/C12H22N4O/c1-5-7-16(8-6-13)12(17)11-9(2)14-15(4)10(11)3/h5-8,13H2,1-4H3. The van der Waals surface area contributed by atoms with Gasteiger partial charge in [-0.3, -0.25) is 9.48 Å². The second kappa shape index (κ2) is 5.82. The van der Waals surface area contributed by atoms with E-state index < -0.39 is 0 Å². The highest BCUT2D eigenvalue weighted by molar-refractivity contribution is 5.96. The van der Waals surface area contributed by atoms with Gasteiger partial charge in [0.15, 0.2) is 0 Å². The average Bonchev–Trinajstić information content (AvgIpc) is 2.52. The number of aryl methyl sites for hydroxylation is 2. The Bertz CT molecular complexity index is 391. The summed E-state index contributed by atoms with van der Waals surface area (Å²) in [5.41, 5.74) is 7.95. The Morgan fingerprint density at radius 3 is 2.47 bits per heavy atom. The van der Waals surface area contributed by atoms with Gasteiger partial charge in [0.1, 0.15) is 0 Å². The van der Waals surface area contributed by atoms with Crippen molar-refractivity contribution in [3.8, 4) is 0 Å². The first-order chi connectivity index (χ1) is 8.02. The number of amides is 1. The number of aromatic nitrogens is 2. The van der Waals surface area contributed by atoms with E-state index in [1.54, 1.807) is 9.58 Å².